The van der Waals surface area contributed by atoms with Crippen molar-refractivity contribution < 1.29 is 13.9 Å². The van der Waals surface area contributed by atoms with Gasteiger partial charge in [-0.2, -0.15) is 0 Å². The molecule has 2 N–H and O–H groups in total. The Morgan fingerprint density at radius 2 is 1.95 bits per heavy atom. The third-order valence-electron chi connectivity index (χ3n) is 3.34. The topological polar surface area (TPSA) is 51.6 Å². The largest absolute Gasteiger partial charge is 0.395 e. The highest BCUT2D eigenvalue weighted by Gasteiger charge is 2.22. The number of rotatable bonds is 5. The van der Waals surface area contributed by atoms with E-state index < -0.39 is 11.6 Å². The number of halogens is 2. The summed E-state index contributed by atoms with van der Waals surface area (Å²) in [6, 6.07) is 0.875. The summed E-state index contributed by atoms with van der Waals surface area (Å²) in [6.45, 7) is 5.79. The molecular formula is C13H20F2N4O. The lowest BCUT2D eigenvalue weighted by molar-refractivity contribution is 0.188. The molecule has 7 heteroatoms. The number of aliphatic hydroxyl groups excluding tert-OH is 1. The second kappa shape index (κ2) is 6.81. The van der Waals surface area contributed by atoms with Crippen molar-refractivity contribution in [2.75, 3.05) is 56.1 Å². The predicted molar refractivity (Wildman–Crippen MR) is 74.1 cm³/mol. The number of piperazine rings is 1. The lowest BCUT2D eigenvalue weighted by atomic mass is 10.3. The third kappa shape index (κ3) is 3.34. The molecular weight excluding hydrogens is 266 g/mol. The number of nitrogens with zero attached hydrogens (tertiary/aromatic N) is 3. The first-order valence-corrected chi connectivity index (χ1v) is 6.83. The zero-order valence-electron chi connectivity index (χ0n) is 11.6. The molecule has 0 amide bonds. The summed E-state index contributed by atoms with van der Waals surface area (Å²) in [7, 11) is 0. The van der Waals surface area contributed by atoms with Gasteiger partial charge in [-0.15, -0.1) is 0 Å². The smallest absolute Gasteiger partial charge is 0.168 e. The van der Waals surface area contributed by atoms with Crippen LogP contribution in [0.1, 0.15) is 6.92 Å². The molecule has 0 bridgehead atoms. The van der Waals surface area contributed by atoms with E-state index in [1.807, 2.05) is 11.8 Å². The van der Waals surface area contributed by atoms with Gasteiger partial charge in [0.2, 0.25) is 0 Å². The van der Waals surface area contributed by atoms with Gasteiger partial charge < -0.3 is 15.3 Å². The lowest BCUT2D eigenvalue weighted by Crippen LogP contribution is -2.47. The Morgan fingerprint density at radius 3 is 2.55 bits per heavy atom. The van der Waals surface area contributed by atoms with E-state index >= 15 is 0 Å². The Kier molecular flexibility index (Phi) is 5.08. The van der Waals surface area contributed by atoms with Crippen LogP contribution in [0.3, 0.4) is 0 Å². The van der Waals surface area contributed by atoms with Crippen molar-refractivity contribution >= 4 is 11.6 Å². The van der Waals surface area contributed by atoms with Gasteiger partial charge in [0, 0.05) is 45.3 Å². The number of anilines is 2. The van der Waals surface area contributed by atoms with Crippen molar-refractivity contribution in [2.24, 2.45) is 0 Å². The zero-order chi connectivity index (χ0) is 14.5. The molecule has 0 radical (unpaired) electrons. The lowest BCUT2D eigenvalue weighted by Gasteiger charge is -2.35. The van der Waals surface area contributed by atoms with E-state index in [1.165, 1.54) is 0 Å². The standard InChI is InChI=1S/C13H20F2N4O/c1-2-16-12-10(14)9-11(15)13(17-12)19-5-3-18(4-6-19)7-8-20/h9,20H,2-8H2,1H3,(H,16,17). The van der Waals surface area contributed by atoms with Crippen molar-refractivity contribution in [1.29, 1.82) is 0 Å². The molecule has 112 valence electrons. The summed E-state index contributed by atoms with van der Waals surface area (Å²) < 4.78 is 27.4. The molecule has 0 aliphatic carbocycles. The van der Waals surface area contributed by atoms with Gasteiger partial charge in [0.25, 0.3) is 0 Å². The maximum atomic E-state index is 13.9. The van der Waals surface area contributed by atoms with Crippen LogP contribution in [-0.2, 0) is 0 Å². The minimum Gasteiger partial charge on any atom is -0.395 e. The number of aliphatic hydroxyl groups is 1. The number of aromatic nitrogens is 1. The van der Waals surface area contributed by atoms with E-state index in [4.69, 9.17) is 5.11 Å². The molecule has 0 aromatic carbocycles. The van der Waals surface area contributed by atoms with E-state index in [2.05, 4.69) is 15.2 Å². The average molecular weight is 286 g/mol. The fourth-order valence-corrected chi connectivity index (χ4v) is 2.29. The van der Waals surface area contributed by atoms with Gasteiger partial charge in [0.1, 0.15) is 0 Å². The Morgan fingerprint density at radius 1 is 1.25 bits per heavy atom. The summed E-state index contributed by atoms with van der Waals surface area (Å²) in [6.07, 6.45) is 0. The maximum Gasteiger partial charge on any atom is 0.168 e. The first kappa shape index (κ1) is 14.9. The molecule has 2 heterocycles. The van der Waals surface area contributed by atoms with Gasteiger partial charge in [-0.25, -0.2) is 13.8 Å². The summed E-state index contributed by atoms with van der Waals surface area (Å²) >= 11 is 0. The van der Waals surface area contributed by atoms with Crippen LogP contribution in [0.25, 0.3) is 0 Å². The number of pyridine rings is 1. The van der Waals surface area contributed by atoms with E-state index in [1.54, 1.807) is 0 Å². The van der Waals surface area contributed by atoms with E-state index in [9.17, 15) is 8.78 Å². The van der Waals surface area contributed by atoms with Crippen molar-refractivity contribution in [3.8, 4) is 0 Å². The van der Waals surface area contributed by atoms with E-state index in [-0.39, 0.29) is 18.2 Å². The Hall–Kier alpha value is -1.47. The van der Waals surface area contributed by atoms with Gasteiger partial charge in [0.15, 0.2) is 23.3 Å². The molecule has 1 aromatic heterocycles. The Bertz CT molecular complexity index is 450. The van der Waals surface area contributed by atoms with Crippen molar-refractivity contribution in [3.05, 3.63) is 17.7 Å². The quantitative estimate of drug-likeness (QED) is 0.842. The highest BCUT2D eigenvalue weighted by atomic mass is 19.1. The number of nitrogens with one attached hydrogen (secondary N) is 1. The number of β-amino-alcohol motifs (C(OH)–C–C–N with tert-alkyl or cyclic N) is 1. The molecule has 1 aliphatic rings. The highest BCUT2D eigenvalue weighted by Crippen LogP contribution is 2.23. The Labute approximate surface area is 117 Å². The molecule has 1 aliphatic heterocycles. The van der Waals surface area contributed by atoms with Crippen molar-refractivity contribution in [2.45, 2.75) is 6.92 Å². The molecule has 0 saturated carbocycles. The molecule has 0 spiro atoms. The molecule has 20 heavy (non-hydrogen) atoms. The fraction of sp³-hybridized carbons (Fsp3) is 0.615. The van der Waals surface area contributed by atoms with Crippen LogP contribution in [-0.4, -0.2) is 60.9 Å². The van der Waals surface area contributed by atoms with Gasteiger partial charge in [-0.1, -0.05) is 0 Å². The van der Waals surface area contributed by atoms with Crippen LogP contribution in [0.5, 0.6) is 0 Å². The van der Waals surface area contributed by atoms with Gasteiger partial charge >= 0.3 is 0 Å². The molecule has 1 fully saturated rings. The fourth-order valence-electron chi connectivity index (χ4n) is 2.29. The van der Waals surface area contributed by atoms with Crippen LogP contribution in [0.15, 0.2) is 6.07 Å². The van der Waals surface area contributed by atoms with E-state index in [0.29, 0.717) is 26.2 Å². The van der Waals surface area contributed by atoms with Crippen LogP contribution in [0.4, 0.5) is 20.4 Å². The average Bonchev–Trinajstić information content (AvgIpc) is 2.43. The van der Waals surface area contributed by atoms with E-state index in [0.717, 1.165) is 19.2 Å². The summed E-state index contributed by atoms with van der Waals surface area (Å²) in [5.41, 5.74) is 0. The molecule has 2 rings (SSSR count). The SMILES string of the molecule is CCNc1nc(N2CCN(CCO)CC2)c(F)cc1F. The maximum absolute atomic E-state index is 13.9. The van der Waals surface area contributed by atoms with Crippen LogP contribution in [0, 0.1) is 11.6 Å². The van der Waals surface area contributed by atoms with Crippen LogP contribution < -0.4 is 10.2 Å². The number of hydrogen-bond acceptors (Lipinski definition) is 5. The zero-order valence-corrected chi connectivity index (χ0v) is 11.6. The monoisotopic (exact) mass is 286 g/mol. The normalized spacial score (nSPS) is 16.5. The molecule has 0 unspecified atom stereocenters. The first-order valence-electron chi connectivity index (χ1n) is 6.83. The minimum atomic E-state index is -0.674. The second-order valence-electron chi connectivity index (χ2n) is 4.71. The molecule has 1 saturated heterocycles. The molecule has 5 nitrogen and oxygen atoms in total. The summed E-state index contributed by atoms with van der Waals surface area (Å²) in [5.74, 6) is -1.04. The van der Waals surface area contributed by atoms with Crippen molar-refractivity contribution in [1.82, 2.24) is 9.88 Å². The van der Waals surface area contributed by atoms with Crippen LogP contribution in [0.2, 0.25) is 0 Å². The number of hydrogen-bond donors (Lipinski definition) is 2. The van der Waals surface area contributed by atoms with Crippen LogP contribution >= 0.6 is 0 Å². The first-order chi connectivity index (χ1) is 9.65. The van der Waals surface area contributed by atoms with Crippen molar-refractivity contribution in [3.63, 3.8) is 0 Å². The summed E-state index contributed by atoms with van der Waals surface area (Å²) in [4.78, 5) is 7.96. The third-order valence-corrected chi connectivity index (χ3v) is 3.34. The highest BCUT2D eigenvalue weighted by molar-refractivity contribution is 5.49. The Balaban J connectivity index is 2.11. The minimum absolute atomic E-state index is 0.0849. The van der Waals surface area contributed by atoms with Gasteiger partial charge in [-0.3, -0.25) is 4.90 Å². The summed E-state index contributed by atoms with van der Waals surface area (Å²) in [5, 5.41) is 11.7. The van der Waals surface area contributed by atoms with Gasteiger partial charge in [0.05, 0.1) is 6.61 Å². The second-order valence-corrected chi connectivity index (χ2v) is 4.71. The molecule has 0 atom stereocenters. The predicted octanol–water partition coefficient (Wildman–Crippen LogP) is 0.906. The molecule has 1 aromatic rings. The van der Waals surface area contributed by atoms with Gasteiger partial charge in [-0.05, 0) is 6.92 Å².